The molecule has 6 rings (SSSR count). The van der Waals surface area contributed by atoms with Crippen molar-refractivity contribution in [2.24, 2.45) is 0 Å². The van der Waals surface area contributed by atoms with Crippen molar-refractivity contribution >= 4 is 34.3 Å². The minimum absolute atomic E-state index is 0.215. The summed E-state index contributed by atoms with van der Waals surface area (Å²) in [6, 6.07) is 19.1. The van der Waals surface area contributed by atoms with Gasteiger partial charge in [-0.2, -0.15) is 0 Å². The molecule has 0 amide bonds. The molecule has 3 aromatic carbocycles. The molecular formula is C31H25NO5. The number of aromatic nitrogens is 1. The maximum absolute atomic E-state index is 13.4. The van der Waals surface area contributed by atoms with E-state index in [-0.39, 0.29) is 19.2 Å². The van der Waals surface area contributed by atoms with Gasteiger partial charge >= 0.3 is 5.97 Å². The number of nitrogens with zero attached hydrogens (tertiary/aromatic N) is 1. The Kier molecular flexibility index (Phi) is 5.72. The summed E-state index contributed by atoms with van der Waals surface area (Å²) in [5, 5.41) is 0.731. The molecule has 0 fully saturated rings. The van der Waals surface area contributed by atoms with Crippen molar-refractivity contribution in [3.63, 3.8) is 0 Å². The lowest BCUT2D eigenvalue weighted by atomic mass is 10.0. The van der Waals surface area contributed by atoms with Crippen LogP contribution in [0.1, 0.15) is 55.1 Å². The number of aryl methyl sites for hydroxylation is 2. The Morgan fingerprint density at radius 2 is 1.81 bits per heavy atom. The molecule has 0 saturated carbocycles. The van der Waals surface area contributed by atoms with Crippen molar-refractivity contribution in [1.29, 1.82) is 0 Å². The topological polar surface area (TPSA) is 74.7 Å². The van der Waals surface area contributed by atoms with Crippen molar-refractivity contribution in [2.75, 3.05) is 13.4 Å². The fourth-order valence-electron chi connectivity index (χ4n) is 5.03. The normalized spacial score (nSPS) is 14.7. The fourth-order valence-corrected chi connectivity index (χ4v) is 5.03. The molecule has 2 aliphatic rings. The third-order valence-electron chi connectivity index (χ3n) is 6.91. The van der Waals surface area contributed by atoms with Crippen LogP contribution in [0.2, 0.25) is 0 Å². The monoisotopic (exact) mass is 491 g/mol. The average Bonchev–Trinajstić information content (AvgIpc) is 3.53. The number of ketones is 1. The number of Topliss-reactive ketones (excluding diaryl/α,β-unsaturated/α-hetero) is 1. The second-order valence-corrected chi connectivity index (χ2v) is 9.43. The predicted octanol–water partition coefficient (Wildman–Crippen LogP) is 6.11. The molecule has 0 radical (unpaired) electrons. The van der Waals surface area contributed by atoms with Gasteiger partial charge in [0.1, 0.15) is 0 Å². The Morgan fingerprint density at radius 1 is 0.973 bits per heavy atom. The first kappa shape index (κ1) is 23.0. The number of carbonyl (C=O) groups excluding carboxylic acids is 2. The fraction of sp³-hybridized carbons (Fsp3) is 0.194. The van der Waals surface area contributed by atoms with Gasteiger partial charge in [0.2, 0.25) is 12.6 Å². The standard InChI is InChI=1S/C31H25NO5/c1-18-7-8-19(2)24(13-18)26(33)16-35-31(34)29-22-5-3-4-6-25(22)32-30-21(10-11-23(29)30)14-20-9-12-27-28(15-20)37-17-36-27/h3-9,12-15H,10-11,16-17H2,1-2H3. The summed E-state index contributed by atoms with van der Waals surface area (Å²) in [5.41, 5.74) is 7.30. The molecule has 4 aromatic rings. The third-order valence-corrected chi connectivity index (χ3v) is 6.91. The van der Waals surface area contributed by atoms with Crippen LogP contribution in [-0.2, 0) is 11.2 Å². The number of hydrogen-bond acceptors (Lipinski definition) is 6. The lowest BCUT2D eigenvalue weighted by Crippen LogP contribution is -2.17. The van der Waals surface area contributed by atoms with Gasteiger partial charge < -0.3 is 14.2 Å². The summed E-state index contributed by atoms with van der Waals surface area (Å²) >= 11 is 0. The van der Waals surface area contributed by atoms with Crippen molar-refractivity contribution in [2.45, 2.75) is 26.7 Å². The van der Waals surface area contributed by atoms with E-state index in [1.807, 2.05) is 74.5 Å². The summed E-state index contributed by atoms with van der Waals surface area (Å²) in [5.74, 6) is 0.737. The van der Waals surface area contributed by atoms with E-state index >= 15 is 0 Å². The Bertz CT molecular complexity index is 1620. The van der Waals surface area contributed by atoms with Crippen molar-refractivity contribution < 1.29 is 23.8 Å². The van der Waals surface area contributed by atoms with Crippen LogP contribution < -0.4 is 9.47 Å². The first-order valence-corrected chi connectivity index (χ1v) is 12.3. The largest absolute Gasteiger partial charge is 0.454 e. The van der Waals surface area contributed by atoms with Crippen LogP contribution in [0.25, 0.3) is 22.6 Å². The van der Waals surface area contributed by atoms with Gasteiger partial charge in [-0.1, -0.05) is 42.0 Å². The number of fused-ring (bicyclic) bond motifs is 3. The first-order valence-electron chi connectivity index (χ1n) is 12.3. The Morgan fingerprint density at radius 3 is 2.70 bits per heavy atom. The van der Waals surface area contributed by atoms with Crippen molar-refractivity contribution in [1.82, 2.24) is 4.98 Å². The molecular weight excluding hydrogens is 466 g/mol. The zero-order valence-electron chi connectivity index (χ0n) is 20.7. The molecule has 0 atom stereocenters. The summed E-state index contributed by atoms with van der Waals surface area (Å²) in [7, 11) is 0. The van der Waals surface area contributed by atoms with Gasteiger partial charge in [-0.25, -0.2) is 9.78 Å². The maximum Gasteiger partial charge on any atom is 0.339 e. The predicted molar refractivity (Wildman–Crippen MR) is 141 cm³/mol. The summed E-state index contributed by atoms with van der Waals surface area (Å²) < 4.78 is 16.5. The number of benzene rings is 3. The van der Waals surface area contributed by atoms with Gasteiger partial charge in [0.15, 0.2) is 18.1 Å². The second kappa shape index (κ2) is 9.21. The van der Waals surface area contributed by atoms with Crippen LogP contribution in [0.15, 0.2) is 60.7 Å². The quantitative estimate of drug-likeness (QED) is 0.248. The van der Waals surface area contributed by atoms with Crippen LogP contribution in [-0.4, -0.2) is 30.1 Å². The minimum Gasteiger partial charge on any atom is -0.454 e. The third kappa shape index (κ3) is 4.25. The molecule has 6 nitrogen and oxygen atoms in total. The van der Waals surface area contributed by atoms with Gasteiger partial charge in [-0.15, -0.1) is 0 Å². The van der Waals surface area contributed by atoms with E-state index in [0.29, 0.717) is 23.1 Å². The number of ether oxygens (including phenoxy) is 3. The number of hydrogen-bond donors (Lipinski definition) is 0. The van der Waals surface area contributed by atoms with Crippen LogP contribution in [0, 0.1) is 13.8 Å². The molecule has 0 bridgehead atoms. The van der Waals surface area contributed by atoms with E-state index in [9.17, 15) is 9.59 Å². The first-order chi connectivity index (χ1) is 18.0. The van der Waals surface area contributed by atoms with E-state index in [1.54, 1.807) is 0 Å². The lowest BCUT2D eigenvalue weighted by molar-refractivity contribution is 0.0475. The number of allylic oxidation sites excluding steroid dienone is 1. The average molecular weight is 492 g/mol. The molecule has 1 aliphatic heterocycles. The summed E-state index contributed by atoms with van der Waals surface area (Å²) in [6.45, 7) is 3.73. The molecule has 1 aliphatic carbocycles. The molecule has 184 valence electrons. The highest BCUT2D eigenvalue weighted by Crippen LogP contribution is 2.39. The minimum atomic E-state index is -0.502. The number of esters is 1. The highest BCUT2D eigenvalue weighted by atomic mass is 16.7. The van der Waals surface area contributed by atoms with E-state index in [2.05, 4.69) is 6.08 Å². The van der Waals surface area contributed by atoms with Crippen molar-refractivity contribution in [3.8, 4) is 11.5 Å². The number of pyridine rings is 1. The van der Waals surface area contributed by atoms with Crippen LogP contribution in [0.4, 0.5) is 0 Å². The highest BCUT2D eigenvalue weighted by molar-refractivity contribution is 6.08. The van der Waals surface area contributed by atoms with E-state index in [4.69, 9.17) is 19.2 Å². The molecule has 0 N–H and O–H groups in total. The van der Waals surface area contributed by atoms with Crippen LogP contribution in [0.5, 0.6) is 11.5 Å². The molecule has 0 unspecified atom stereocenters. The highest BCUT2D eigenvalue weighted by Gasteiger charge is 2.28. The van der Waals surface area contributed by atoms with Gasteiger partial charge in [0, 0.05) is 10.9 Å². The lowest BCUT2D eigenvalue weighted by Gasteiger charge is -2.13. The molecule has 0 spiro atoms. The number of rotatable bonds is 5. The van der Waals surface area contributed by atoms with E-state index in [0.717, 1.165) is 56.8 Å². The molecule has 6 heteroatoms. The number of para-hydroxylation sites is 1. The Hall–Kier alpha value is -4.45. The van der Waals surface area contributed by atoms with Crippen molar-refractivity contribution in [3.05, 3.63) is 99.7 Å². The maximum atomic E-state index is 13.4. The van der Waals surface area contributed by atoms with Gasteiger partial charge in [-0.05, 0) is 79.3 Å². The van der Waals surface area contributed by atoms with Gasteiger partial charge in [-0.3, -0.25) is 4.79 Å². The molecule has 37 heavy (non-hydrogen) atoms. The molecule has 0 saturated heterocycles. The van der Waals surface area contributed by atoms with E-state index < -0.39 is 5.97 Å². The SMILES string of the molecule is Cc1ccc(C)c(C(=O)COC(=O)c2c3c(nc4ccccc24)C(=Cc2ccc4c(c2)OCO4)CC3)c1. The second-order valence-electron chi connectivity index (χ2n) is 9.43. The number of carbonyl (C=O) groups is 2. The Labute approximate surface area is 214 Å². The van der Waals surface area contributed by atoms with Gasteiger partial charge in [0.05, 0.1) is 16.8 Å². The van der Waals surface area contributed by atoms with Crippen LogP contribution in [0.3, 0.4) is 0 Å². The molecule has 1 aromatic heterocycles. The zero-order valence-corrected chi connectivity index (χ0v) is 20.7. The van der Waals surface area contributed by atoms with E-state index in [1.165, 1.54) is 0 Å². The smallest absolute Gasteiger partial charge is 0.339 e. The Balaban J connectivity index is 1.34. The van der Waals surface area contributed by atoms with Crippen LogP contribution >= 0.6 is 0 Å². The zero-order chi connectivity index (χ0) is 25.5. The van der Waals surface area contributed by atoms with Gasteiger partial charge in [0.25, 0.3) is 0 Å². The summed E-state index contributed by atoms with van der Waals surface area (Å²) in [4.78, 5) is 31.2. The summed E-state index contributed by atoms with van der Waals surface area (Å²) in [6.07, 6.45) is 3.49. The molecule has 2 heterocycles.